The van der Waals surface area contributed by atoms with Gasteiger partial charge in [0.25, 0.3) is 5.69 Å². The van der Waals surface area contributed by atoms with Gasteiger partial charge in [-0.2, -0.15) is 8.78 Å². The van der Waals surface area contributed by atoms with E-state index in [-0.39, 0.29) is 23.7 Å². The summed E-state index contributed by atoms with van der Waals surface area (Å²) in [5.41, 5.74) is -0.152. The average molecular weight is 342 g/mol. The lowest BCUT2D eigenvalue weighted by Gasteiger charge is -2.13. The molecule has 6 nitrogen and oxygen atoms in total. The van der Waals surface area contributed by atoms with Crippen LogP contribution < -0.4 is 14.8 Å². The summed E-state index contributed by atoms with van der Waals surface area (Å²) in [6.45, 7) is -3.04. The van der Waals surface area contributed by atoms with Crippen LogP contribution in [0.5, 0.6) is 11.5 Å². The fraction of sp³-hybridized carbons (Fsp3) is 0.200. The summed E-state index contributed by atoms with van der Waals surface area (Å²) >= 11 is 0. The molecule has 0 amide bonds. The molecule has 0 atom stereocenters. The average Bonchev–Trinajstić information content (AvgIpc) is 2.54. The maximum Gasteiger partial charge on any atom is 0.387 e. The van der Waals surface area contributed by atoms with Gasteiger partial charge in [-0.1, -0.05) is 18.2 Å². The molecule has 128 valence electrons. The predicted octanol–water partition coefficient (Wildman–Crippen LogP) is 3.96. The molecule has 1 N–H and O–H groups in total. The summed E-state index contributed by atoms with van der Waals surface area (Å²) in [6, 6.07) is 7.85. The van der Waals surface area contributed by atoms with Gasteiger partial charge in [-0.25, -0.2) is 4.39 Å². The van der Waals surface area contributed by atoms with Crippen molar-refractivity contribution in [2.45, 2.75) is 13.2 Å². The van der Waals surface area contributed by atoms with Crippen LogP contribution in [0.15, 0.2) is 36.4 Å². The number of para-hydroxylation sites is 1. The lowest BCUT2D eigenvalue weighted by Crippen LogP contribution is -2.08. The first-order valence-corrected chi connectivity index (χ1v) is 6.71. The van der Waals surface area contributed by atoms with E-state index < -0.39 is 23.0 Å². The minimum atomic E-state index is -2.99. The van der Waals surface area contributed by atoms with E-state index in [2.05, 4.69) is 10.1 Å². The number of ether oxygens (including phenoxy) is 2. The van der Waals surface area contributed by atoms with Crippen LogP contribution in [0.2, 0.25) is 0 Å². The number of nitro groups is 1. The first-order chi connectivity index (χ1) is 11.4. The Balaban J connectivity index is 2.28. The Morgan fingerprint density at radius 2 is 1.96 bits per heavy atom. The molecule has 2 aromatic rings. The number of hydrogen-bond donors (Lipinski definition) is 1. The number of methoxy groups -OCH3 is 1. The monoisotopic (exact) mass is 342 g/mol. The Bertz CT molecular complexity index is 741. The highest BCUT2D eigenvalue weighted by Crippen LogP contribution is 2.32. The van der Waals surface area contributed by atoms with Crippen LogP contribution in [0.4, 0.5) is 24.5 Å². The third-order valence-electron chi connectivity index (χ3n) is 3.12. The van der Waals surface area contributed by atoms with Gasteiger partial charge in [0.2, 0.25) is 0 Å². The number of hydrogen-bond acceptors (Lipinski definition) is 5. The summed E-state index contributed by atoms with van der Waals surface area (Å²) in [4.78, 5) is 10.3. The van der Waals surface area contributed by atoms with E-state index in [0.29, 0.717) is 5.56 Å². The molecular weight excluding hydrogens is 329 g/mol. The molecule has 9 heteroatoms. The number of nitrogens with one attached hydrogen (secondary N) is 1. The van der Waals surface area contributed by atoms with Crippen LogP contribution in [-0.4, -0.2) is 18.6 Å². The zero-order chi connectivity index (χ0) is 17.7. The number of nitrogens with zero attached hydrogens (tertiary/aromatic N) is 1. The third kappa shape index (κ3) is 4.06. The third-order valence-corrected chi connectivity index (χ3v) is 3.12. The smallest absolute Gasteiger partial charge is 0.387 e. The standard InChI is InChI=1S/C15H13F3N2O4/c1-23-14-7-11(12(20(21)22)6-10(14)16)19-8-9-4-2-3-5-13(9)24-15(17)18/h2-7,15,19H,8H2,1H3. The number of alkyl halides is 2. The van der Waals surface area contributed by atoms with Crippen LogP contribution >= 0.6 is 0 Å². The van der Waals surface area contributed by atoms with Crippen LogP contribution in [0.25, 0.3) is 0 Å². The fourth-order valence-corrected chi connectivity index (χ4v) is 2.04. The lowest BCUT2D eigenvalue weighted by atomic mass is 10.2. The maximum atomic E-state index is 13.6. The zero-order valence-corrected chi connectivity index (χ0v) is 12.5. The van der Waals surface area contributed by atoms with Gasteiger partial charge < -0.3 is 14.8 Å². The Kier molecular flexibility index (Phi) is 5.46. The van der Waals surface area contributed by atoms with Crippen molar-refractivity contribution in [3.05, 3.63) is 57.9 Å². The summed E-state index contributed by atoms with van der Waals surface area (Å²) in [6.07, 6.45) is 0. The quantitative estimate of drug-likeness (QED) is 0.609. The molecule has 0 saturated heterocycles. The van der Waals surface area contributed by atoms with Gasteiger partial charge in [-0.05, 0) is 6.07 Å². The Morgan fingerprint density at radius 3 is 2.58 bits per heavy atom. The second-order valence-corrected chi connectivity index (χ2v) is 4.60. The number of nitro benzene ring substituents is 1. The number of rotatable bonds is 7. The van der Waals surface area contributed by atoms with E-state index in [1.165, 1.54) is 25.3 Å². The van der Waals surface area contributed by atoms with Crippen LogP contribution in [-0.2, 0) is 6.54 Å². The summed E-state index contributed by atoms with van der Waals surface area (Å²) in [5.74, 6) is -1.12. The SMILES string of the molecule is COc1cc(NCc2ccccc2OC(F)F)c([N+](=O)[O-])cc1F. The van der Waals surface area contributed by atoms with Crippen LogP contribution in [0, 0.1) is 15.9 Å². The molecule has 0 aliphatic rings. The van der Waals surface area contributed by atoms with E-state index in [9.17, 15) is 23.3 Å². The van der Waals surface area contributed by atoms with E-state index in [1.54, 1.807) is 6.07 Å². The summed E-state index contributed by atoms with van der Waals surface area (Å²) in [7, 11) is 1.22. The molecule has 24 heavy (non-hydrogen) atoms. The normalized spacial score (nSPS) is 10.5. The Hall–Kier alpha value is -2.97. The number of anilines is 1. The van der Waals surface area contributed by atoms with Gasteiger partial charge in [0.15, 0.2) is 11.6 Å². The van der Waals surface area contributed by atoms with Gasteiger partial charge in [0.05, 0.1) is 18.1 Å². The van der Waals surface area contributed by atoms with Gasteiger partial charge >= 0.3 is 6.61 Å². The highest BCUT2D eigenvalue weighted by molar-refractivity contribution is 5.65. The van der Waals surface area contributed by atoms with Gasteiger partial charge in [-0.15, -0.1) is 0 Å². The molecule has 0 unspecified atom stereocenters. The molecule has 2 aromatic carbocycles. The first-order valence-electron chi connectivity index (χ1n) is 6.71. The predicted molar refractivity (Wildman–Crippen MR) is 80.0 cm³/mol. The molecule has 2 rings (SSSR count). The molecular formula is C15H13F3N2O4. The van der Waals surface area contributed by atoms with E-state index in [4.69, 9.17) is 4.74 Å². The summed E-state index contributed by atoms with van der Waals surface area (Å²) in [5, 5.41) is 13.7. The highest BCUT2D eigenvalue weighted by atomic mass is 19.3. The van der Waals surface area contributed by atoms with Crippen molar-refractivity contribution in [2.24, 2.45) is 0 Å². The molecule has 0 saturated carbocycles. The second kappa shape index (κ2) is 7.53. The van der Waals surface area contributed by atoms with Crippen LogP contribution in [0.1, 0.15) is 5.56 Å². The van der Waals surface area contributed by atoms with Crippen molar-refractivity contribution in [2.75, 3.05) is 12.4 Å². The fourth-order valence-electron chi connectivity index (χ4n) is 2.04. The minimum Gasteiger partial charge on any atom is -0.494 e. The van der Waals surface area contributed by atoms with Crippen molar-refractivity contribution in [3.8, 4) is 11.5 Å². The largest absolute Gasteiger partial charge is 0.494 e. The van der Waals surface area contributed by atoms with Gasteiger partial charge in [0.1, 0.15) is 11.4 Å². The van der Waals surface area contributed by atoms with Crippen molar-refractivity contribution in [3.63, 3.8) is 0 Å². The molecule has 0 heterocycles. The topological polar surface area (TPSA) is 73.6 Å². The highest BCUT2D eigenvalue weighted by Gasteiger charge is 2.19. The van der Waals surface area contributed by atoms with Crippen molar-refractivity contribution in [1.82, 2.24) is 0 Å². The molecule has 0 aliphatic carbocycles. The first kappa shape index (κ1) is 17.4. The van der Waals surface area contributed by atoms with E-state index in [1.807, 2.05) is 0 Å². The number of benzene rings is 2. The Labute approximate surface area is 135 Å². The molecule has 0 bridgehead atoms. The van der Waals surface area contributed by atoms with E-state index in [0.717, 1.165) is 12.1 Å². The molecule has 0 spiro atoms. The van der Waals surface area contributed by atoms with Gasteiger partial charge in [0, 0.05) is 18.2 Å². The number of halogens is 3. The molecule has 0 aliphatic heterocycles. The molecule has 0 radical (unpaired) electrons. The van der Waals surface area contributed by atoms with Crippen molar-refractivity contribution < 1.29 is 27.6 Å². The van der Waals surface area contributed by atoms with Crippen molar-refractivity contribution in [1.29, 1.82) is 0 Å². The molecule has 0 fully saturated rings. The Morgan fingerprint density at radius 1 is 1.25 bits per heavy atom. The van der Waals surface area contributed by atoms with E-state index >= 15 is 0 Å². The summed E-state index contributed by atoms with van der Waals surface area (Å²) < 4.78 is 47.5. The van der Waals surface area contributed by atoms with Crippen LogP contribution in [0.3, 0.4) is 0 Å². The lowest BCUT2D eigenvalue weighted by molar-refractivity contribution is -0.384. The maximum absolute atomic E-state index is 13.6. The van der Waals surface area contributed by atoms with Crippen molar-refractivity contribution >= 4 is 11.4 Å². The minimum absolute atomic E-state index is 0.00917. The molecule has 0 aromatic heterocycles. The zero-order valence-electron chi connectivity index (χ0n) is 12.5. The van der Waals surface area contributed by atoms with Gasteiger partial charge in [-0.3, -0.25) is 10.1 Å². The second-order valence-electron chi connectivity index (χ2n) is 4.60.